The molecule has 3 rings (SSSR count). The molecule has 1 aromatic carbocycles. The van der Waals surface area contributed by atoms with Crippen LogP contribution in [0.5, 0.6) is 0 Å². The molecule has 3 heteroatoms. The fourth-order valence-electron chi connectivity index (χ4n) is 3.05. The van der Waals surface area contributed by atoms with E-state index < -0.39 is 0 Å². The molecule has 0 amide bonds. The average molecular weight is 308 g/mol. The lowest BCUT2D eigenvalue weighted by Crippen LogP contribution is -2.54. The van der Waals surface area contributed by atoms with Gasteiger partial charge in [0.05, 0.1) is 0 Å². The molecule has 0 aliphatic heterocycles. The van der Waals surface area contributed by atoms with E-state index in [2.05, 4.69) is 41.9 Å². The minimum absolute atomic E-state index is 0.186. The third kappa shape index (κ3) is 1.64. The van der Waals surface area contributed by atoms with Gasteiger partial charge in [0, 0.05) is 21.8 Å². The summed E-state index contributed by atoms with van der Waals surface area (Å²) in [6.07, 6.45) is 2.13. The quantitative estimate of drug-likeness (QED) is 0.891. The highest BCUT2D eigenvalue weighted by atomic mass is 79.9. The molecular weight excluding hydrogens is 290 g/mol. The van der Waals surface area contributed by atoms with E-state index in [1.54, 1.807) is 0 Å². The van der Waals surface area contributed by atoms with E-state index in [0.717, 1.165) is 28.7 Å². The molecule has 0 bridgehead atoms. The van der Waals surface area contributed by atoms with Crippen molar-refractivity contribution in [3.63, 3.8) is 0 Å². The lowest BCUT2D eigenvalue weighted by molar-refractivity contribution is 0.0575. The smallest absolute Gasteiger partial charge is 0.134 e. The van der Waals surface area contributed by atoms with Gasteiger partial charge in [0.1, 0.15) is 11.3 Å². The first-order valence-corrected chi connectivity index (χ1v) is 7.28. The van der Waals surface area contributed by atoms with E-state index in [1.165, 1.54) is 5.39 Å². The average Bonchev–Trinajstić information content (AvgIpc) is 2.76. The molecule has 1 heterocycles. The predicted molar refractivity (Wildman–Crippen MR) is 77.6 cm³/mol. The Balaban J connectivity index is 2.01. The molecule has 0 radical (unpaired) electrons. The second-order valence-corrected chi connectivity index (χ2v) is 6.50. The van der Waals surface area contributed by atoms with Crippen LogP contribution in [0, 0.1) is 5.41 Å². The molecule has 2 nitrogen and oxygen atoms in total. The van der Waals surface area contributed by atoms with Crippen LogP contribution < -0.4 is 5.73 Å². The highest BCUT2D eigenvalue weighted by molar-refractivity contribution is 9.10. The summed E-state index contributed by atoms with van der Waals surface area (Å²) in [5.74, 6) is 1.55. The summed E-state index contributed by atoms with van der Waals surface area (Å²) < 4.78 is 7.08. The summed E-state index contributed by atoms with van der Waals surface area (Å²) in [6.45, 7) is 4.49. The van der Waals surface area contributed by atoms with E-state index in [-0.39, 0.29) is 5.41 Å². The van der Waals surface area contributed by atoms with Crippen LogP contribution in [0.25, 0.3) is 11.0 Å². The van der Waals surface area contributed by atoms with Crippen molar-refractivity contribution in [3.05, 3.63) is 34.5 Å². The maximum absolute atomic E-state index is 6.16. The van der Waals surface area contributed by atoms with E-state index >= 15 is 0 Å². The number of fused-ring (bicyclic) bond motifs is 1. The van der Waals surface area contributed by atoms with E-state index in [0.29, 0.717) is 12.0 Å². The minimum Gasteiger partial charge on any atom is -0.461 e. The van der Waals surface area contributed by atoms with Crippen LogP contribution in [0.15, 0.2) is 33.2 Å². The second-order valence-electron chi connectivity index (χ2n) is 5.59. The number of halogens is 1. The van der Waals surface area contributed by atoms with Crippen molar-refractivity contribution >= 4 is 26.9 Å². The summed E-state index contributed by atoms with van der Waals surface area (Å²) in [4.78, 5) is 0. The Morgan fingerprint density at radius 1 is 1.44 bits per heavy atom. The Bertz CT molecular complexity index is 591. The van der Waals surface area contributed by atoms with Gasteiger partial charge in [-0.15, -0.1) is 0 Å². The second kappa shape index (κ2) is 4.10. The summed E-state index contributed by atoms with van der Waals surface area (Å²) in [5, 5.41) is 1.17. The zero-order valence-corrected chi connectivity index (χ0v) is 12.3. The van der Waals surface area contributed by atoms with Crippen LogP contribution in [0.2, 0.25) is 0 Å². The van der Waals surface area contributed by atoms with Gasteiger partial charge in [-0.2, -0.15) is 0 Å². The molecular formula is C15H18BrNO. The Morgan fingerprint density at radius 2 is 2.22 bits per heavy atom. The van der Waals surface area contributed by atoms with Gasteiger partial charge in [-0.1, -0.05) is 29.8 Å². The van der Waals surface area contributed by atoms with Gasteiger partial charge in [-0.3, -0.25) is 0 Å². The van der Waals surface area contributed by atoms with Crippen molar-refractivity contribution in [1.29, 1.82) is 0 Å². The van der Waals surface area contributed by atoms with E-state index in [1.807, 2.05) is 12.1 Å². The molecule has 96 valence electrons. The van der Waals surface area contributed by atoms with Gasteiger partial charge < -0.3 is 10.2 Å². The van der Waals surface area contributed by atoms with Crippen LogP contribution in [-0.4, -0.2) is 6.04 Å². The Kier molecular flexibility index (Phi) is 2.79. The highest BCUT2D eigenvalue weighted by Crippen LogP contribution is 2.54. The predicted octanol–water partition coefficient (Wildman–Crippen LogP) is 4.43. The van der Waals surface area contributed by atoms with Crippen molar-refractivity contribution < 1.29 is 4.42 Å². The number of nitrogens with two attached hydrogens (primary N) is 1. The summed E-state index contributed by atoms with van der Waals surface area (Å²) in [5.41, 5.74) is 7.31. The zero-order valence-electron chi connectivity index (χ0n) is 10.7. The molecule has 1 saturated carbocycles. The first-order chi connectivity index (χ1) is 8.54. The topological polar surface area (TPSA) is 39.2 Å². The Hall–Kier alpha value is -0.800. The first-order valence-electron chi connectivity index (χ1n) is 6.49. The fourth-order valence-corrected chi connectivity index (χ4v) is 3.43. The number of hydrogen-bond acceptors (Lipinski definition) is 2. The molecule has 18 heavy (non-hydrogen) atoms. The molecule has 1 aliphatic carbocycles. The van der Waals surface area contributed by atoms with Crippen molar-refractivity contribution in [2.45, 2.75) is 38.6 Å². The van der Waals surface area contributed by atoms with Crippen molar-refractivity contribution in [1.82, 2.24) is 0 Å². The first kappa shape index (κ1) is 12.2. The molecule has 0 spiro atoms. The summed E-state index contributed by atoms with van der Waals surface area (Å²) in [6, 6.07) is 8.60. The van der Waals surface area contributed by atoms with Crippen LogP contribution in [0.3, 0.4) is 0 Å². The third-order valence-corrected chi connectivity index (χ3v) is 5.23. The lowest BCUT2D eigenvalue weighted by Gasteiger charge is -2.51. The number of benzene rings is 1. The van der Waals surface area contributed by atoms with Crippen molar-refractivity contribution in [2.24, 2.45) is 11.1 Å². The van der Waals surface area contributed by atoms with Crippen LogP contribution in [0.1, 0.15) is 38.4 Å². The van der Waals surface area contributed by atoms with Gasteiger partial charge in [0.25, 0.3) is 0 Å². The highest BCUT2D eigenvalue weighted by Gasteiger charge is 2.50. The maximum Gasteiger partial charge on any atom is 0.134 e. The minimum atomic E-state index is 0.186. The molecule has 3 unspecified atom stereocenters. The summed E-state index contributed by atoms with van der Waals surface area (Å²) in [7, 11) is 0. The number of furan rings is 1. The molecule has 0 saturated heterocycles. The third-order valence-electron chi connectivity index (χ3n) is 4.74. The normalized spacial score (nSPS) is 31.6. The standard InChI is InChI=1S/C15H18BrNO/c1-3-15(2)11(8-14(15)17)13-7-9-6-10(16)4-5-12(9)18-13/h4-7,11,14H,3,8,17H2,1-2H3. The molecule has 2 N–H and O–H groups in total. The molecule has 3 atom stereocenters. The number of rotatable bonds is 2. The SMILES string of the molecule is CCC1(C)C(N)CC1c1cc2cc(Br)ccc2o1. The van der Waals surface area contributed by atoms with Gasteiger partial charge in [0.2, 0.25) is 0 Å². The Labute approximate surface area is 116 Å². The molecule has 1 aromatic heterocycles. The van der Waals surface area contributed by atoms with E-state index in [9.17, 15) is 0 Å². The van der Waals surface area contributed by atoms with Gasteiger partial charge >= 0.3 is 0 Å². The van der Waals surface area contributed by atoms with Crippen LogP contribution >= 0.6 is 15.9 Å². The van der Waals surface area contributed by atoms with Gasteiger partial charge in [0.15, 0.2) is 0 Å². The fraction of sp³-hybridized carbons (Fsp3) is 0.467. The number of hydrogen-bond donors (Lipinski definition) is 1. The molecule has 1 fully saturated rings. The van der Waals surface area contributed by atoms with Crippen molar-refractivity contribution in [3.8, 4) is 0 Å². The zero-order chi connectivity index (χ0) is 12.9. The monoisotopic (exact) mass is 307 g/mol. The van der Waals surface area contributed by atoms with Crippen LogP contribution in [-0.2, 0) is 0 Å². The Morgan fingerprint density at radius 3 is 2.89 bits per heavy atom. The van der Waals surface area contributed by atoms with Crippen molar-refractivity contribution in [2.75, 3.05) is 0 Å². The molecule has 2 aromatic rings. The lowest BCUT2D eigenvalue weighted by atomic mass is 9.55. The largest absolute Gasteiger partial charge is 0.461 e. The van der Waals surface area contributed by atoms with Gasteiger partial charge in [-0.05, 0) is 42.5 Å². The summed E-state index contributed by atoms with van der Waals surface area (Å²) >= 11 is 3.49. The van der Waals surface area contributed by atoms with Crippen LogP contribution in [0.4, 0.5) is 0 Å². The van der Waals surface area contributed by atoms with E-state index in [4.69, 9.17) is 10.2 Å². The maximum atomic E-state index is 6.16. The molecule has 1 aliphatic rings. The van der Waals surface area contributed by atoms with Gasteiger partial charge in [-0.25, -0.2) is 0 Å².